The molecule has 12 heteroatoms. The Morgan fingerprint density at radius 1 is 1.09 bits per heavy atom. The lowest BCUT2D eigenvalue weighted by Crippen LogP contribution is -2.46. The molecule has 3 N–H and O–H groups in total. The summed E-state index contributed by atoms with van der Waals surface area (Å²) in [6, 6.07) is 12.0. The van der Waals surface area contributed by atoms with E-state index in [0.717, 1.165) is 5.56 Å². The van der Waals surface area contributed by atoms with Crippen molar-refractivity contribution in [1.29, 1.82) is 0 Å². The van der Waals surface area contributed by atoms with Crippen LogP contribution in [0.1, 0.15) is 40.2 Å². The summed E-state index contributed by atoms with van der Waals surface area (Å²) in [7, 11) is 1.51. The maximum absolute atomic E-state index is 13.6. The first-order valence-corrected chi connectivity index (χ1v) is 14.2. The molecule has 6 bridgehead atoms. The van der Waals surface area contributed by atoms with Gasteiger partial charge in [-0.15, -0.1) is 0 Å². The third kappa shape index (κ3) is 5.91. The van der Waals surface area contributed by atoms with Gasteiger partial charge in [-0.2, -0.15) is 0 Å². The molecule has 2 aromatic carbocycles. The van der Waals surface area contributed by atoms with E-state index in [1.54, 1.807) is 49.4 Å². The summed E-state index contributed by atoms with van der Waals surface area (Å²) in [5.41, 5.74) is 2.32. The van der Waals surface area contributed by atoms with E-state index >= 15 is 0 Å². The lowest BCUT2D eigenvalue weighted by molar-refractivity contribution is -0.138. The van der Waals surface area contributed by atoms with Crippen LogP contribution >= 0.6 is 0 Å². The predicted octanol–water partition coefficient (Wildman–Crippen LogP) is 3.51. The number of nitrogens with one attached hydrogen (secondary N) is 2. The van der Waals surface area contributed by atoms with Crippen molar-refractivity contribution in [3.05, 3.63) is 83.5 Å². The number of aryl methyl sites for hydroxylation is 2. The summed E-state index contributed by atoms with van der Waals surface area (Å²) in [5.74, 6) is 0.809. The van der Waals surface area contributed by atoms with Gasteiger partial charge in [-0.25, -0.2) is 4.98 Å². The lowest BCUT2D eigenvalue weighted by atomic mass is 10.1. The molecule has 4 heterocycles. The minimum Gasteiger partial charge on any atom is -0.504 e. The van der Waals surface area contributed by atoms with E-state index in [0.29, 0.717) is 46.4 Å². The second-order valence-corrected chi connectivity index (χ2v) is 10.7. The largest absolute Gasteiger partial charge is 0.504 e. The predicted molar refractivity (Wildman–Crippen MR) is 157 cm³/mol. The molecule has 2 aliphatic heterocycles. The molecule has 0 unspecified atom stereocenters. The smallest absolute Gasteiger partial charge is 0.251 e. The van der Waals surface area contributed by atoms with Crippen molar-refractivity contribution >= 4 is 17.7 Å². The number of nitrogens with zero attached hydrogens (tertiary/aromatic N) is 3. The van der Waals surface area contributed by atoms with Gasteiger partial charge in [-0.1, -0.05) is 6.07 Å². The standard InChI is InChI=1S/C32H31N5O7/c1-18-23-16-34-31(41)24-15-22(35-30(40)20-9-11-33-12-10-20)17-37(24)29(39)8-4-19-3-6-25(38)27(13-19)44-28-14-21(32(36-23)43-18)5-7-26(28)42-2/h3,5-7,9-14,22,24,38H,4,8,15-17H2,1-2H3,(H,34,41)(H,35,40)/t22-,24-/m0/s1. The monoisotopic (exact) mass is 597 g/mol. The molecule has 3 amide bonds. The van der Waals surface area contributed by atoms with Crippen LogP contribution in [-0.4, -0.2) is 63.4 Å². The lowest BCUT2D eigenvalue weighted by Gasteiger charge is -2.24. The highest BCUT2D eigenvalue weighted by atomic mass is 16.5. The minimum absolute atomic E-state index is 0.0820. The first kappa shape index (κ1) is 28.7. The van der Waals surface area contributed by atoms with Gasteiger partial charge in [0.2, 0.25) is 17.7 Å². The van der Waals surface area contributed by atoms with Crippen LogP contribution in [0.3, 0.4) is 0 Å². The highest BCUT2D eigenvalue weighted by Crippen LogP contribution is 2.39. The number of amides is 3. The molecule has 2 aromatic heterocycles. The molecule has 1 fully saturated rings. The molecule has 0 saturated carbocycles. The fourth-order valence-electron chi connectivity index (χ4n) is 5.44. The number of carbonyl (C=O) groups excluding carboxylic acids is 3. The molecule has 226 valence electrons. The van der Waals surface area contributed by atoms with Crippen LogP contribution in [0.4, 0.5) is 0 Å². The average Bonchev–Trinajstić information content (AvgIpc) is 3.63. The van der Waals surface area contributed by atoms with Crippen molar-refractivity contribution in [2.45, 2.75) is 44.8 Å². The topological polar surface area (TPSA) is 156 Å². The minimum atomic E-state index is -0.793. The Bertz CT molecular complexity index is 1720. The number of aromatic hydroxyl groups is 1. The van der Waals surface area contributed by atoms with Crippen molar-refractivity contribution in [1.82, 2.24) is 25.5 Å². The SMILES string of the molecule is COc1ccc2cc1Oc1cc(ccc1O)CCC(=O)N1C[C@@H](NC(=O)c3ccncc3)C[C@H]1C(=O)NCc1nc-2oc1C. The summed E-state index contributed by atoms with van der Waals surface area (Å²) in [6.45, 7) is 2.01. The second-order valence-electron chi connectivity index (χ2n) is 10.7. The van der Waals surface area contributed by atoms with E-state index in [2.05, 4.69) is 20.6 Å². The molecule has 4 aromatic rings. The molecular weight excluding hydrogens is 566 g/mol. The van der Waals surface area contributed by atoms with Gasteiger partial charge >= 0.3 is 0 Å². The maximum Gasteiger partial charge on any atom is 0.251 e. The number of oxazole rings is 1. The number of aromatic nitrogens is 2. The number of benzene rings is 2. The molecule has 0 radical (unpaired) electrons. The summed E-state index contributed by atoms with van der Waals surface area (Å²) >= 11 is 0. The van der Waals surface area contributed by atoms with Crippen LogP contribution in [0.15, 0.2) is 65.3 Å². The highest BCUT2D eigenvalue weighted by Gasteiger charge is 2.40. The molecular formula is C32H31N5O7. The Hall–Kier alpha value is -5.39. The van der Waals surface area contributed by atoms with E-state index in [9.17, 15) is 19.5 Å². The summed E-state index contributed by atoms with van der Waals surface area (Å²) in [4.78, 5) is 50.0. The average molecular weight is 598 g/mol. The quantitative estimate of drug-likeness (QED) is 0.322. The number of rotatable bonds is 3. The van der Waals surface area contributed by atoms with Gasteiger partial charge in [0.05, 0.1) is 13.7 Å². The Kier molecular flexibility index (Phi) is 7.88. The number of hydrogen-bond donors (Lipinski definition) is 3. The zero-order chi connectivity index (χ0) is 30.8. The zero-order valence-electron chi connectivity index (χ0n) is 24.2. The molecule has 1 saturated heterocycles. The number of carbonyl (C=O) groups is 3. The molecule has 12 nitrogen and oxygen atoms in total. The van der Waals surface area contributed by atoms with E-state index < -0.39 is 12.1 Å². The molecule has 0 aliphatic carbocycles. The Morgan fingerprint density at radius 3 is 2.70 bits per heavy atom. The number of methoxy groups -OCH3 is 1. The maximum atomic E-state index is 13.6. The first-order chi connectivity index (χ1) is 21.3. The van der Waals surface area contributed by atoms with Gasteiger partial charge in [0.25, 0.3) is 5.91 Å². The Morgan fingerprint density at radius 2 is 1.91 bits per heavy atom. The fourth-order valence-corrected chi connectivity index (χ4v) is 5.44. The van der Waals surface area contributed by atoms with Crippen LogP contribution in [0.2, 0.25) is 0 Å². The van der Waals surface area contributed by atoms with Crippen molar-refractivity contribution in [3.63, 3.8) is 0 Å². The molecule has 6 rings (SSSR count). The third-order valence-electron chi connectivity index (χ3n) is 7.81. The van der Waals surface area contributed by atoms with Crippen molar-refractivity contribution < 1.29 is 33.4 Å². The number of pyridine rings is 1. The van der Waals surface area contributed by atoms with Crippen LogP contribution in [0.25, 0.3) is 11.5 Å². The van der Waals surface area contributed by atoms with E-state index in [1.807, 2.05) is 0 Å². The zero-order valence-corrected chi connectivity index (χ0v) is 24.2. The fraction of sp³-hybridized carbons (Fsp3) is 0.281. The molecule has 2 atom stereocenters. The number of fused-ring (bicyclic) bond motifs is 8. The third-order valence-corrected chi connectivity index (χ3v) is 7.81. The summed E-state index contributed by atoms with van der Waals surface area (Å²) in [6.07, 6.45) is 3.75. The Labute approximate surface area is 253 Å². The summed E-state index contributed by atoms with van der Waals surface area (Å²) < 4.78 is 17.5. The van der Waals surface area contributed by atoms with Gasteiger partial charge in [0, 0.05) is 42.5 Å². The van der Waals surface area contributed by atoms with Crippen molar-refractivity contribution in [3.8, 4) is 34.5 Å². The Balaban J connectivity index is 1.32. The van der Waals surface area contributed by atoms with Gasteiger partial charge in [-0.3, -0.25) is 19.4 Å². The van der Waals surface area contributed by atoms with Crippen LogP contribution in [-0.2, 0) is 22.6 Å². The van der Waals surface area contributed by atoms with Crippen LogP contribution in [0.5, 0.6) is 23.0 Å². The van der Waals surface area contributed by atoms with E-state index in [-0.39, 0.29) is 55.2 Å². The van der Waals surface area contributed by atoms with Crippen LogP contribution in [0, 0.1) is 6.92 Å². The summed E-state index contributed by atoms with van der Waals surface area (Å²) in [5, 5.41) is 16.4. The van der Waals surface area contributed by atoms with Crippen molar-refractivity contribution in [2.24, 2.45) is 0 Å². The molecule has 44 heavy (non-hydrogen) atoms. The van der Waals surface area contributed by atoms with Crippen LogP contribution < -0.4 is 20.1 Å². The van der Waals surface area contributed by atoms with Crippen molar-refractivity contribution in [2.75, 3.05) is 13.7 Å². The number of phenols is 1. The number of phenolic OH excluding ortho intramolecular Hbond substituents is 1. The van der Waals surface area contributed by atoms with Gasteiger partial charge in [-0.05, 0) is 67.8 Å². The second kappa shape index (κ2) is 12.1. The first-order valence-electron chi connectivity index (χ1n) is 14.2. The molecule has 2 aliphatic rings. The van der Waals surface area contributed by atoms with E-state index in [1.165, 1.54) is 30.5 Å². The highest BCUT2D eigenvalue weighted by molar-refractivity contribution is 5.94. The number of hydrogen-bond acceptors (Lipinski definition) is 9. The molecule has 0 spiro atoms. The van der Waals surface area contributed by atoms with Gasteiger partial charge < -0.3 is 34.5 Å². The number of ether oxygens (including phenoxy) is 2. The van der Waals surface area contributed by atoms with Gasteiger partial charge in [0.1, 0.15) is 17.5 Å². The van der Waals surface area contributed by atoms with E-state index in [4.69, 9.17) is 13.9 Å². The van der Waals surface area contributed by atoms with Gasteiger partial charge in [0.15, 0.2) is 23.0 Å². The normalized spacial score (nSPS) is 18.4.